The van der Waals surface area contributed by atoms with Crippen LogP contribution in [0.1, 0.15) is 36.4 Å². The molecule has 1 aliphatic rings. The Morgan fingerprint density at radius 3 is 2.77 bits per heavy atom. The van der Waals surface area contributed by atoms with Gasteiger partial charge in [0.1, 0.15) is 12.5 Å². The Bertz CT molecular complexity index is 782. The molecule has 0 aliphatic carbocycles. The predicted molar refractivity (Wildman–Crippen MR) is 101 cm³/mol. The molecule has 0 unspecified atom stereocenters. The Labute approximate surface area is 158 Å². The largest absolute Gasteiger partial charge is 0.390 e. The minimum Gasteiger partial charge on any atom is -0.390 e. The highest BCUT2D eigenvalue weighted by atomic mass is 35.5. The van der Waals surface area contributed by atoms with Crippen molar-refractivity contribution in [1.82, 2.24) is 4.98 Å². The van der Waals surface area contributed by atoms with Crippen molar-refractivity contribution in [3.63, 3.8) is 0 Å². The quantitative estimate of drug-likeness (QED) is 0.590. The van der Waals surface area contributed by atoms with Crippen LogP contribution < -0.4 is 4.90 Å². The zero-order chi connectivity index (χ0) is 18.7. The molecule has 4 nitrogen and oxygen atoms in total. The van der Waals surface area contributed by atoms with E-state index in [1.807, 2.05) is 12.1 Å². The Kier molecular flexibility index (Phi) is 5.80. The molecule has 2 aromatic rings. The molecule has 3 rings (SSSR count). The summed E-state index contributed by atoms with van der Waals surface area (Å²) >= 11 is 5.69. The van der Waals surface area contributed by atoms with Crippen molar-refractivity contribution in [2.45, 2.75) is 32.3 Å². The van der Waals surface area contributed by atoms with Crippen molar-refractivity contribution in [3.8, 4) is 0 Å². The fraction of sp³-hybridized carbons (Fsp3) is 0.450. The molecule has 1 aromatic carbocycles. The van der Waals surface area contributed by atoms with Crippen LogP contribution in [0.4, 0.5) is 10.1 Å². The molecular weight excluding hydrogens is 355 g/mol. The summed E-state index contributed by atoms with van der Waals surface area (Å²) in [6.45, 7) is 5.76. The summed E-state index contributed by atoms with van der Waals surface area (Å²) in [5.74, 6) is 0.198. The second kappa shape index (κ2) is 7.91. The van der Waals surface area contributed by atoms with Gasteiger partial charge >= 0.3 is 0 Å². The van der Waals surface area contributed by atoms with Crippen molar-refractivity contribution in [2.24, 2.45) is 0 Å². The van der Waals surface area contributed by atoms with Gasteiger partial charge in [-0.1, -0.05) is 32.0 Å². The van der Waals surface area contributed by atoms with E-state index in [1.165, 1.54) is 6.07 Å². The van der Waals surface area contributed by atoms with Gasteiger partial charge in [-0.25, -0.2) is 4.39 Å². The van der Waals surface area contributed by atoms with E-state index in [9.17, 15) is 9.50 Å². The number of fused-ring (bicyclic) bond motifs is 1. The monoisotopic (exact) mass is 378 g/mol. The van der Waals surface area contributed by atoms with Crippen molar-refractivity contribution in [3.05, 3.63) is 58.7 Å². The summed E-state index contributed by atoms with van der Waals surface area (Å²) in [5, 5.41) is 9.80. The summed E-state index contributed by atoms with van der Waals surface area (Å²) in [6.07, 6.45) is 0.389. The van der Waals surface area contributed by atoms with Gasteiger partial charge in [-0.3, -0.25) is 4.98 Å². The number of pyridine rings is 1. The minimum atomic E-state index is -0.250. The fourth-order valence-electron chi connectivity index (χ4n) is 3.44. The van der Waals surface area contributed by atoms with Crippen molar-refractivity contribution in [1.29, 1.82) is 0 Å². The molecule has 0 amide bonds. The number of nitrogens with zero attached hydrogens (tertiary/aromatic N) is 2. The SMILES string of the molecule is CC1(C)CN(COCCCl)c2cc(Cc3ccccc3F)c(CO)nc21. The van der Waals surface area contributed by atoms with Crippen molar-refractivity contribution < 1.29 is 14.2 Å². The number of benzene rings is 1. The van der Waals surface area contributed by atoms with Gasteiger partial charge in [0.2, 0.25) is 0 Å². The number of rotatable bonds is 7. The van der Waals surface area contributed by atoms with E-state index in [0.717, 1.165) is 23.5 Å². The lowest BCUT2D eigenvalue weighted by Gasteiger charge is -2.21. The first kappa shape index (κ1) is 19.1. The normalized spacial score (nSPS) is 15.3. The highest BCUT2D eigenvalue weighted by Gasteiger charge is 2.37. The van der Waals surface area contributed by atoms with Crippen molar-refractivity contribution in [2.75, 3.05) is 30.7 Å². The summed E-state index contributed by atoms with van der Waals surface area (Å²) in [6, 6.07) is 8.71. The van der Waals surface area contributed by atoms with Crippen LogP contribution in [0.15, 0.2) is 30.3 Å². The lowest BCUT2D eigenvalue weighted by Crippen LogP contribution is -2.30. The summed E-state index contributed by atoms with van der Waals surface area (Å²) in [7, 11) is 0. The first-order valence-electron chi connectivity index (χ1n) is 8.72. The molecule has 26 heavy (non-hydrogen) atoms. The molecule has 1 aliphatic heterocycles. The van der Waals surface area contributed by atoms with Gasteiger partial charge in [0.25, 0.3) is 0 Å². The second-order valence-electron chi connectivity index (χ2n) is 7.20. The maximum atomic E-state index is 14.1. The number of aliphatic hydroxyl groups is 1. The Balaban J connectivity index is 1.97. The number of anilines is 1. The number of hydrogen-bond donors (Lipinski definition) is 1. The number of aliphatic hydroxyl groups excluding tert-OH is 1. The Morgan fingerprint density at radius 1 is 1.31 bits per heavy atom. The Morgan fingerprint density at radius 2 is 2.08 bits per heavy atom. The Hall–Kier alpha value is -1.69. The highest BCUT2D eigenvalue weighted by molar-refractivity contribution is 6.17. The van der Waals surface area contributed by atoms with Gasteiger partial charge in [0.05, 0.1) is 30.3 Å². The number of ether oxygens (including phenoxy) is 1. The molecule has 2 heterocycles. The van der Waals surface area contributed by atoms with E-state index in [1.54, 1.807) is 12.1 Å². The van der Waals surface area contributed by atoms with Gasteiger partial charge in [-0.2, -0.15) is 0 Å². The van der Waals surface area contributed by atoms with Crippen LogP contribution in [0.3, 0.4) is 0 Å². The van der Waals surface area contributed by atoms with E-state index in [-0.39, 0.29) is 17.8 Å². The molecule has 0 radical (unpaired) electrons. The zero-order valence-electron chi connectivity index (χ0n) is 15.1. The van der Waals surface area contributed by atoms with Crippen LogP contribution >= 0.6 is 11.6 Å². The number of aromatic nitrogens is 1. The van der Waals surface area contributed by atoms with Gasteiger partial charge in [0.15, 0.2) is 0 Å². The molecule has 0 spiro atoms. The average Bonchev–Trinajstić information content (AvgIpc) is 2.86. The third-order valence-electron chi connectivity index (χ3n) is 4.70. The maximum absolute atomic E-state index is 14.1. The third kappa shape index (κ3) is 3.85. The standard InChI is InChI=1S/C20H24ClFN2O2/c1-20(2)12-24(13-26-8-7-21)18-10-15(17(11-25)23-19(18)20)9-14-5-3-4-6-16(14)22/h3-6,10,25H,7-9,11-13H2,1-2H3. The molecular formula is C20H24ClFN2O2. The topological polar surface area (TPSA) is 45.6 Å². The summed E-state index contributed by atoms with van der Waals surface area (Å²) in [5.41, 5.74) is 3.78. The molecule has 6 heteroatoms. The summed E-state index contributed by atoms with van der Waals surface area (Å²) < 4.78 is 19.7. The highest BCUT2D eigenvalue weighted by Crippen LogP contribution is 2.40. The van der Waals surface area contributed by atoms with Gasteiger partial charge in [0, 0.05) is 24.3 Å². The van der Waals surface area contributed by atoms with Crippen LogP contribution in [0.5, 0.6) is 0 Å². The lowest BCUT2D eigenvalue weighted by molar-refractivity contribution is 0.148. The molecule has 0 bridgehead atoms. The second-order valence-corrected chi connectivity index (χ2v) is 7.57. The smallest absolute Gasteiger partial charge is 0.126 e. The van der Waals surface area contributed by atoms with Crippen LogP contribution in [0, 0.1) is 5.82 Å². The number of hydrogen-bond acceptors (Lipinski definition) is 4. The lowest BCUT2D eigenvalue weighted by atomic mass is 9.90. The van der Waals surface area contributed by atoms with Gasteiger partial charge < -0.3 is 14.7 Å². The molecule has 1 N–H and O–H groups in total. The fourth-order valence-corrected chi connectivity index (χ4v) is 3.55. The van der Waals surface area contributed by atoms with Crippen LogP contribution in [0.25, 0.3) is 0 Å². The zero-order valence-corrected chi connectivity index (χ0v) is 15.9. The van der Waals surface area contributed by atoms with Crippen molar-refractivity contribution >= 4 is 17.3 Å². The van der Waals surface area contributed by atoms with E-state index >= 15 is 0 Å². The van der Waals surface area contributed by atoms with E-state index in [0.29, 0.717) is 36.9 Å². The van der Waals surface area contributed by atoms with Gasteiger partial charge in [-0.05, 0) is 23.3 Å². The van der Waals surface area contributed by atoms with Crippen LogP contribution in [0.2, 0.25) is 0 Å². The summed E-state index contributed by atoms with van der Waals surface area (Å²) in [4.78, 5) is 6.86. The van der Waals surface area contributed by atoms with Crippen LogP contribution in [-0.4, -0.2) is 35.9 Å². The van der Waals surface area contributed by atoms with E-state index in [2.05, 4.69) is 18.7 Å². The molecule has 140 valence electrons. The van der Waals surface area contributed by atoms with Crippen LogP contribution in [-0.2, 0) is 23.2 Å². The molecule has 0 saturated heterocycles. The molecule has 1 aromatic heterocycles. The number of halogens is 2. The molecule has 0 atom stereocenters. The first-order chi connectivity index (χ1) is 12.5. The predicted octanol–water partition coefficient (Wildman–Crippen LogP) is 3.61. The van der Waals surface area contributed by atoms with E-state index < -0.39 is 0 Å². The average molecular weight is 379 g/mol. The first-order valence-corrected chi connectivity index (χ1v) is 9.26. The van der Waals surface area contributed by atoms with Gasteiger partial charge in [-0.15, -0.1) is 11.6 Å². The molecule has 0 saturated carbocycles. The maximum Gasteiger partial charge on any atom is 0.126 e. The third-order valence-corrected chi connectivity index (χ3v) is 4.85. The number of alkyl halides is 1. The van der Waals surface area contributed by atoms with E-state index in [4.69, 9.17) is 21.3 Å². The minimum absolute atomic E-state index is 0.153. The molecule has 0 fully saturated rings.